The zero-order chi connectivity index (χ0) is 37.4. The number of hydrogen-bond donors (Lipinski definition) is 0. The van der Waals surface area contributed by atoms with Gasteiger partial charge in [0.25, 0.3) is 23.6 Å². The fraction of sp³-hybridized carbons (Fsp3) is 0. The number of rotatable bonds is 6. The van der Waals surface area contributed by atoms with Gasteiger partial charge in [-0.1, -0.05) is 24.3 Å². The minimum absolute atomic E-state index is 0.186. The molecule has 0 radical (unpaired) electrons. The van der Waals surface area contributed by atoms with Gasteiger partial charge in [0.1, 0.15) is 11.6 Å². The highest BCUT2D eigenvalue weighted by atomic mass is 19.1. The standard InChI is InChI=1S/C44H22F2N2O6/c45-25-11-7-23(8-12-25)39(49)31-19-21-35-37-29(31)3-1-5-33(37)41(51)47(43(35)53)27-15-17-28(18-16-27)48-42(52)34-6-2-4-30-32(20-22-36(38(30)34)44(48)54)40(50)24-9-13-26(46)14-10-24/h1-22H. The Kier molecular flexibility index (Phi) is 7.25. The van der Waals surface area contributed by atoms with Crippen molar-refractivity contribution in [2.24, 2.45) is 0 Å². The number of ketones is 2. The largest absolute Gasteiger partial charge is 0.289 e. The van der Waals surface area contributed by atoms with E-state index in [0.29, 0.717) is 21.5 Å². The van der Waals surface area contributed by atoms with Gasteiger partial charge in [-0.25, -0.2) is 18.6 Å². The van der Waals surface area contributed by atoms with E-state index in [1.54, 1.807) is 36.4 Å². The van der Waals surface area contributed by atoms with Crippen molar-refractivity contribution in [3.05, 3.63) is 190 Å². The maximum atomic E-state index is 13.9. The molecule has 8 nitrogen and oxygen atoms in total. The van der Waals surface area contributed by atoms with E-state index in [1.807, 2.05) is 0 Å². The zero-order valence-electron chi connectivity index (χ0n) is 27.8. The van der Waals surface area contributed by atoms with Gasteiger partial charge in [-0.05, 0) is 120 Å². The summed E-state index contributed by atoms with van der Waals surface area (Å²) in [7, 11) is 0. The Hall–Kier alpha value is -7.46. The number of imide groups is 2. The summed E-state index contributed by atoms with van der Waals surface area (Å²) in [6, 6.07) is 31.7. The number of carbonyl (C=O) groups excluding carboxylic acids is 6. The van der Waals surface area contributed by atoms with Crippen LogP contribution in [-0.2, 0) is 0 Å². The molecule has 0 fully saturated rings. The molecule has 2 heterocycles. The molecular weight excluding hydrogens is 690 g/mol. The monoisotopic (exact) mass is 712 g/mol. The predicted molar refractivity (Wildman–Crippen MR) is 196 cm³/mol. The second kappa shape index (κ2) is 12.1. The van der Waals surface area contributed by atoms with Crippen LogP contribution in [0.1, 0.15) is 73.3 Å². The molecule has 2 aliphatic heterocycles. The fourth-order valence-electron chi connectivity index (χ4n) is 7.32. The summed E-state index contributed by atoms with van der Waals surface area (Å²) in [4.78, 5) is 84.6. The van der Waals surface area contributed by atoms with E-state index in [1.165, 1.54) is 97.1 Å². The third-order valence-electron chi connectivity index (χ3n) is 9.88. The minimum Gasteiger partial charge on any atom is -0.289 e. The van der Waals surface area contributed by atoms with Crippen LogP contribution < -0.4 is 9.80 Å². The number of halogens is 2. The van der Waals surface area contributed by atoms with Gasteiger partial charge in [0.2, 0.25) is 0 Å². The molecule has 2 aliphatic rings. The number of carbonyl (C=O) groups is 6. The van der Waals surface area contributed by atoms with Crippen molar-refractivity contribution in [2.45, 2.75) is 0 Å². The van der Waals surface area contributed by atoms with Gasteiger partial charge in [0.05, 0.1) is 11.4 Å². The molecule has 7 aromatic carbocycles. The smallest absolute Gasteiger partial charge is 0.265 e. The van der Waals surface area contributed by atoms with Gasteiger partial charge in [-0.3, -0.25) is 28.8 Å². The summed E-state index contributed by atoms with van der Waals surface area (Å²) in [5.74, 6) is -4.28. The van der Waals surface area contributed by atoms with E-state index >= 15 is 0 Å². The van der Waals surface area contributed by atoms with Gasteiger partial charge in [-0.2, -0.15) is 0 Å². The van der Waals surface area contributed by atoms with E-state index in [0.717, 1.165) is 9.80 Å². The van der Waals surface area contributed by atoms with E-state index < -0.39 is 46.8 Å². The lowest BCUT2D eigenvalue weighted by Gasteiger charge is -2.29. The van der Waals surface area contributed by atoms with Crippen LogP contribution in [0.4, 0.5) is 20.2 Å². The Balaban J connectivity index is 1.04. The molecule has 0 saturated heterocycles. The van der Waals surface area contributed by atoms with Gasteiger partial charge in [-0.15, -0.1) is 0 Å². The van der Waals surface area contributed by atoms with Crippen molar-refractivity contribution in [3.8, 4) is 0 Å². The van der Waals surface area contributed by atoms with Crippen molar-refractivity contribution in [1.29, 1.82) is 0 Å². The van der Waals surface area contributed by atoms with E-state index in [9.17, 15) is 37.5 Å². The van der Waals surface area contributed by atoms with Gasteiger partial charge >= 0.3 is 0 Å². The van der Waals surface area contributed by atoms with Crippen LogP contribution in [0.3, 0.4) is 0 Å². The van der Waals surface area contributed by atoms with E-state index in [-0.39, 0.29) is 55.9 Å². The molecule has 7 aromatic rings. The fourth-order valence-corrected chi connectivity index (χ4v) is 7.32. The van der Waals surface area contributed by atoms with Crippen LogP contribution in [-0.4, -0.2) is 35.2 Å². The highest BCUT2D eigenvalue weighted by Crippen LogP contribution is 2.38. The highest BCUT2D eigenvalue weighted by molar-refractivity contribution is 6.38. The summed E-state index contributed by atoms with van der Waals surface area (Å²) in [5.41, 5.74) is 2.17. The van der Waals surface area contributed by atoms with Crippen LogP contribution in [0.5, 0.6) is 0 Å². The Labute approximate surface area is 304 Å². The predicted octanol–water partition coefficient (Wildman–Crippen LogP) is 8.33. The number of benzene rings is 7. The molecule has 0 bridgehead atoms. The lowest BCUT2D eigenvalue weighted by Crippen LogP contribution is -2.41. The highest BCUT2D eigenvalue weighted by Gasteiger charge is 2.37. The number of hydrogen-bond acceptors (Lipinski definition) is 6. The third-order valence-corrected chi connectivity index (χ3v) is 9.88. The molecule has 0 aromatic heterocycles. The molecule has 0 saturated carbocycles. The number of anilines is 2. The first-order valence-electron chi connectivity index (χ1n) is 16.7. The molecule has 0 spiro atoms. The maximum Gasteiger partial charge on any atom is 0.265 e. The van der Waals surface area contributed by atoms with Crippen LogP contribution in [0.2, 0.25) is 0 Å². The van der Waals surface area contributed by atoms with Crippen LogP contribution >= 0.6 is 0 Å². The Bertz CT molecular complexity index is 2610. The van der Waals surface area contributed by atoms with Crippen molar-refractivity contribution >= 4 is 68.1 Å². The Morgan fingerprint density at radius 2 is 0.722 bits per heavy atom. The maximum absolute atomic E-state index is 13.9. The Morgan fingerprint density at radius 1 is 0.389 bits per heavy atom. The van der Waals surface area contributed by atoms with Crippen molar-refractivity contribution in [3.63, 3.8) is 0 Å². The second-order valence-corrected chi connectivity index (χ2v) is 12.9. The third kappa shape index (κ3) is 4.81. The van der Waals surface area contributed by atoms with Crippen LogP contribution in [0, 0.1) is 11.6 Å². The molecular formula is C44H22F2N2O6. The molecule has 0 N–H and O–H groups in total. The minimum atomic E-state index is -0.631. The number of amides is 4. The van der Waals surface area contributed by atoms with E-state index in [2.05, 4.69) is 0 Å². The molecule has 4 amide bonds. The van der Waals surface area contributed by atoms with Crippen molar-refractivity contribution in [2.75, 3.05) is 9.80 Å². The first-order chi connectivity index (χ1) is 26.1. The molecule has 0 atom stereocenters. The quantitative estimate of drug-likeness (QED) is 0.127. The summed E-state index contributed by atoms with van der Waals surface area (Å²) in [6.07, 6.45) is 0. The molecule has 9 rings (SSSR count). The average Bonchev–Trinajstić information content (AvgIpc) is 3.19. The molecule has 54 heavy (non-hydrogen) atoms. The Morgan fingerprint density at radius 3 is 1.07 bits per heavy atom. The topological polar surface area (TPSA) is 109 Å². The number of nitrogens with zero attached hydrogens (tertiary/aromatic N) is 2. The second-order valence-electron chi connectivity index (χ2n) is 12.9. The summed E-state index contributed by atoms with van der Waals surface area (Å²) in [5, 5.41) is 1.46. The lowest BCUT2D eigenvalue weighted by atomic mass is 9.88. The van der Waals surface area contributed by atoms with Gasteiger partial charge in [0, 0.05) is 55.3 Å². The SMILES string of the molecule is O=C(c1ccc(F)cc1)c1ccc2c3c(cccc13)C(=O)N(c1ccc(N3C(=O)c4cccc5c(C(=O)c6ccc(F)cc6)ccc(c45)C3=O)cc1)C2=O. The van der Waals surface area contributed by atoms with Crippen LogP contribution in [0.25, 0.3) is 21.5 Å². The zero-order valence-corrected chi connectivity index (χ0v) is 27.8. The normalized spacial score (nSPS) is 13.6. The molecule has 0 aliphatic carbocycles. The van der Waals surface area contributed by atoms with Gasteiger partial charge in [0.15, 0.2) is 11.6 Å². The van der Waals surface area contributed by atoms with Gasteiger partial charge < -0.3 is 0 Å². The molecule has 0 unspecified atom stereocenters. The summed E-state index contributed by atoms with van der Waals surface area (Å²) < 4.78 is 27.0. The summed E-state index contributed by atoms with van der Waals surface area (Å²) >= 11 is 0. The van der Waals surface area contributed by atoms with E-state index in [4.69, 9.17) is 0 Å². The molecule has 10 heteroatoms. The summed E-state index contributed by atoms with van der Waals surface area (Å²) in [6.45, 7) is 0. The molecule has 258 valence electrons. The van der Waals surface area contributed by atoms with Crippen molar-refractivity contribution in [1.82, 2.24) is 0 Å². The van der Waals surface area contributed by atoms with Crippen molar-refractivity contribution < 1.29 is 37.5 Å². The van der Waals surface area contributed by atoms with Crippen LogP contribution in [0.15, 0.2) is 133 Å². The average molecular weight is 713 g/mol. The first-order valence-corrected chi connectivity index (χ1v) is 16.7. The first kappa shape index (κ1) is 32.4. The lowest BCUT2D eigenvalue weighted by molar-refractivity contribution is 0.0876.